The lowest BCUT2D eigenvalue weighted by Crippen LogP contribution is -1.93. The van der Waals surface area contributed by atoms with E-state index in [-0.39, 0.29) is 0 Å². The minimum atomic E-state index is 1.20. The second-order valence-electron chi connectivity index (χ2n) is 7.79. The van der Waals surface area contributed by atoms with Crippen LogP contribution in [-0.4, -0.2) is 4.57 Å². The number of aromatic nitrogens is 1. The molecule has 5 aromatic carbocycles. The van der Waals surface area contributed by atoms with Crippen molar-refractivity contribution in [1.29, 1.82) is 0 Å². The van der Waals surface area contributed by atoms with Crippen LogP contribution in [0, 0.1) is 0 Å². The summed E-state index contributed by atoms with van der Waals surface area (Å²) in [6, 6.07) is 37.4. The first-order chi connectivity index (χ1) is 14.9. The first kappa shape index (κ1) is 16.2. The summed E-state index contributed by atoms with van der Waals surface area (Å²) < 4.78 is 5.16. The van der Waals surface area contributed by atoms with Gasteiger partial charge in [-0.1, -0.05) is 78.9 Å². The molecule has 0 amide bonds. The van der Waals surface area contributed by atoms with Crippen molar-refractivity contribution in [3.05, 3.63) is 103 Å². The van der Waals surface area contributed by atoms with E-state index in [1.807, 2.05) is 11.3 Å². The van der Waals surface area contributed by atoms with Crippen LogP contribution in [0.4, 0.5) is 0 Å². The lowest BCUT2D eigenvalue weighted by molar-refractivity contribution is 1.19. The van der Waals surface area contributed by atoms with Gasteiger partial charge < -0.3 is 4.57 Å². The summed E-state index contributed by atoms with van der Waals surface area (Å²) in [5, 5.41) is 7.95. The molecular formula is C28H17NS. The maximum atomic E-state index is 2.44. The molecule has 0 radical (unpaired) electrons. The Hall–Kier alpha value is -3.62. The maximum Gasteiger partial charge on any atom is 0.0633 e. The second kappa shape index (κ2) is 5.94. The van der Waals surface area contributed by atoms with E-state index in [0.717, 1.165) is 0 Å². The third-order valence-corrected chi connectivity index (χ3v) is 7.38. The molecule has 0 unspecified atom stereocenters. The van der Waals surface area contributed by atoms with E-state index < -0.39 is 0 Å². The topological polar surface area (TPSA) is 4.93 Å². The molecule has 0 aliphatic carbocycles. The first-order valence-electron chi connectivity index (χ1n) is 10.2. The standard InChI is InChI=1S/C28H17NS/c1-2-8-19(9-3-1)29-24-12-6-4-10-20(24)22-16-14-18-15-17-23-21-11-5-7-13-25(21)30-28(23)26(18)27(22)29/h1-17H. The van der Waals surface area contributed by atoms with Gasteiger partial charge in [0.2, 0.25) is 0 Å². The van der Waals surface area contributed by atoms with Gasteiger partial charge in [-0.25, -0.2) is 0 Å². The molecule has 2 heterocycles. The summed E-state index contributed by atoms with van der Waals surface area (Å²) in [6.07, 6.45) is 0. The molecule has 0 N–H and O–H groups in total. The number of rotatable bonds is 1. The van der Waals surface area contributed by atoms with Gasteiger partial charge in [0.15, 0.2) is 0 Å². The van der Waals surface area contributed by atoms with E-state index in [4.69, 9.17) is 0 Å². The third kappa shape index (κ3) is 2.06. The van der Waals surface area contributed by atoms with Crippen LogP contribution in [-0.2, 0) is 0 Å². The Morgan fingerprint density at radius 1 is 0.533 bits per heavy atom. The summed E-state index contributed by atoms with van der Waals surface area (Å²) in [6.45, 7) is 0. The zero-order chi connectivity index (χ0) is 19.7. The van der Waals surface area contributed by atoms with Crippen molar-refractivity contribution in [1.82, 2.24) is 4.57 Å². The number of fused-ring (bicyclic) bond motifs is 9. The highest BCUT2D eigenvalue weighted by molar-refractivity contribution is 7.26. The van der Waals surface area contributed by atoms with E-state index in [1.54, 1.807) is 0 Å². The summed E-state index contributed by atoms with van der Waals surface area (Å²) in [4.78, 5) is 0. The fourth-order valence-corrected chi connectivity index (χ4v) is 6.14. The Morgan fingerprint density at radius 3 is 2.10 bits per heavy atom. The fraction of sp³-hybridized carbons (Fsp3) is 0. The van der Waals surface area contributed by atoms with Gasteiger partial charge in [0, 0.05) is 42.0 Å². The largest absolute Gasteiger partial charge is 0.309 e. The van der Waals surface area contributed by atoms with Crippen LogP contribution in [0.15, 0.2) is 103 Å². The van der Waals surface area contributed by atoms with Crippen molar-refractivity contribution in [2.75, 3.05) is 0 Å². The molecule has 0 bridgehead atoms. The van der Waals surface area contributed by atoms with Crippen molar-refractivity contribution in [3.8, 4) is 5.69 Å². The smallest absolute Gasteiger partial charge is 0.0633 e. The summed E-state index contributed by atoms with van der Waals surface area (Å²) in [5.41, 5.74) is 3.76. The number of para-hydroxylation sites is 2. The average Bonchev–Trinajstić information content (AvgIpc) is 3.35. The Bertz CT molecular complexity index is 1730. The molecule has 7 rings (SSSR count). The molecule has 140 valence electrons. The number of benzene rings is 5. The average molecular weight is 400 g/mol. The van der Waals surface area contributed by atoms with Crippen LogP contribution < -0.4 is 0 Å². The van der Waals surface area contributed by atoms with Gasteiger partial charge >= 0.3 is 0 Å². The highest BCUT2D eigenvalue weighted by Crippen LogP contribution is 2.43. The molecule has 2 aromatic heterocycles. The second-order valence-corrected chi connectivity index (χ2v) is 8.84. The Morgan fingerprint density at radius 2 is 1.23 bits per heavy atom. The minimum absolute atomic E-state index is 1.20. The zero-order valence-electron chi connectivity index (χ0n) is 16.2. The molecule has 0 fully saturated rings. The highest BCUT2D eigenvalue weighted by Gasteiger charge is 2.17. The molecule has 2 heteroatoms. The van der Waals surface area contributed by atoms with Crippen LogP contribution in [0.3, 0.4) is 0 Å². The number of hydrogen-bond donors (Lipinski definition) is 0. The van der Waals surface area contributed by atoms with Crippen molar-refractivity contribution in [2.45, 2.75) is 0 Å². The van der Waals surface area contributed by atoms with Gasteiger partial charge in [-0.05, 0) is 29.7 Å². The predicted octanol–water partition coefficient (Wildman–Crippen LogP) is 8.30. The first-order valence-corrected chi connectivity index (χ1v) is 11.0. The molecule has 0 aliphatic rings. The monoisotopic (exact) mass is 399 g/mol. The van der Waals surface area contributed by atoms with E-state index >= 15 is 0 Å². The molecule has 0 spiro atoms. The zero-order valence-corrected chi connectivity index (χ0v) is 17.0. The lowest BCUT2D eigenvalue weighted by atomic mass is 10.0. The molecule has 1 nitrogen and oxygen atoms in total. The van der Waals surface area contributed by atoms with Crippen LogP contribution in [0.5, 0.6) is 0 Å². The van der Waals surface area contributed by atoms with Crippen molar-refractivity contribution >= 4 is 64.1 Å². The summed E-state index contributed by atoms with van der Waals surface area (Å²) in [7, 11) is 0. The Kier molecular flexibility index (Phi) is 3.21. The molecule has 7 aromatic rings. The SMILES string of the molecule is c1ccc(-n2c3ccccc3c3ccc4ccc5c6ccccc6sc5c4c32)cc1. The normalized spacial score (nSPS) is 12.0. The van der Waals surface area contributed by atoms with E-state index in [0.29, 0.717) is 0 Å². The van der Waals surface area contributed by atoms with Crippen LogP contribution >= 0.6 is 11.3 Å². The molecule has 30 heavy (non-hydrogen) atoms. The van der Waals surface area contributed by atoms with E-state index in [2.05, 4.69) is 108 Å². The van der Waals surface area contributed by atoms with Gasteiger partial charge in [0.1, 0.15) is 0 Å². The van der Waals surface area contributed by atoms with E-state index in [1.165, 1.54) is 58.4 Å². The predicted molar refractivity (Wildman–Crippen MR) is 131 cm³/mol. The number of nitrogens with zero attached hydrogens (tertiary/aromatic N) is 1. The van der Waals surface area contributed by atoms with Crippen molar-refractivity contribution < 1.29 is 0 Å². The summed E-state index contributed by atoms with van der Waals surface area (Å²) >= 11 is 1.91. The Labute approximate surface area is 177 Å². The maximum absolute atomic E-state index is 2.44. The van der Waals surface area contributed by atoms with Crippen molar-refractivity contribution in [3.63, 3.8) is 0 Å². The Balaban J connectivity index is 1.81. The molecule has 0 saturated heterocycles. The van der Waals surface area contributed by atoms with Gasteiger partial charge in [-0.3, -0.25) is 0 Å². The highest BCUT2D eigenvalue weighted by atomic mass is 32.1. The van der Waals surface area contributed by atoms with Gasteiger partial charge in [0.25, 0.3) is 0 Å². The van der Waals surface area contributed by atoms with Gasteiger partial charge in [-0.2, -0.15) is 0 Å². The summed E-state index contributed by atoms with van der Waals surface area (Å²) in [5.74, 6) is 0. The van der Waals surface area contributed by atoms with Gasteiger partial charge in [-0.15, -0.1) is 11.3 Å². The molecule has 0 aliphatic heterocycles. The molecular weight excluding hydrogens is 382 g/mol. The van der Waals surface area contributed by atoms with Crippen LogP contribution in [0.2, 0.25) is 0 Å². The number of hydrogen-bond acceptors (Lipinski definition) is 1. The molecule has 0 atom stereocenters. The fourth-order valence-electron chi connectivity index (χ4n) is 4.89. The third-order valence-electron chi connectivity index (χ3n) is 6.17. The lowest BCUT2D eigenvalue weighted by Gasteiger charge is -2.10. The van der Waals surface area contributed by atoms with Gasteiger partial charge in [0.05, 0.1) is 11.0 Å². The van der Waals surface area contributed by atoms with Crippen molar-refractivity contribution in [2.24, 2.45) is 0 Å². The van der Waals surface area contributed by atoms with Crippen LogP contribution in [0.1, 0.15) is 0 Å². The number of thiophene rings is 1. The molecule has 0 saturated carbocycles. The quantitative estimate of drug-likeness (QED) is 0.262. The van der Waals surface area contributed by atoms with Crippen LogP contribution in [0.25, 0.3) is 58.4 Å². The van der Waals surface area contributed by atoms with E-state index in [9.17, 15) is 0 Å². The minimum Gasteiger partial charge on any atom is -0.309 e.